The molecule has 2 aliphatic rings. The first-order valence-electron chi connectivity index (χ1n) is 10.6. The Morgan fingerprint density at radius 2 is 2.23 bits per heavy atom. The molecule has 7 nitrogen and oxygen atoms in total. The van der Waals surface area contributed by atoms with E-state index in [0.29, 0.717) is 40.8 Å². The number of hydrogen-bond acceptors (Lipinski definition) is 5. The number of alkyl halides is 1. The van der Waals surface area contributed by atoms with E-state index in [4.69, 9.17) is 0 Å². The first-order valence-corrected chi connectivity index (χ1v) is 10.6. The highest BCUT2D eigenvalue weighted by Crippen LogP contribution is 2.43. The van der Waals surface area contributed by atoms with Crippen LogP contribution in [-0.2, 0) is 0 Å². The highest BCUT2D eigenvalue weighted by Gasteiger charge is 2.48. The van der Waals surface area contributed by atoms with Crippen LogP contribution < -0.4 is 10.7 Å². The second kappa shape index (κ2) is 7.53. The van der Waals surface area contributed by atoms with Crippen molar-refractivity contribution in [3.63, 3.8) is 0 Å². The number of aromatic nitrogens is 5. The van der Waals surface area contributed by atoms with Gasteiger partial charge in [-0.2, -0.15) is 0 Å². The summed E-state index contributed by atoms with van der Waals surface area (Å²) in [5.74, 6) is 0.331. The molecule has 0 radical (unpaired) electrons. The third kappa shape index (κ3) is 3.50. The molecule has 3 aromatic heterocycles. The van der Waals surface area contributed by atoms with E-state index in [1.54, 1.807) is 41.9 Å². The second-order valence-corrected chi connectivity index (χ2v) is 8.77. The van der Waals surface area contributed by atoms with Crippen molar-refractivity contribution in [1.29, 1.82) is 0 Å². The third-order valence-electron chi connectivity index (χ3n) is 6.67. The summed E-state index contributed by atoms with van der Waals surface area (Å²) in [6.07, 6.45) is 12.4. The van der Waals surface area contributed by atoms with Gasteiger partial charge in [-0.05, 0) is 38.2 Å². The lowest BCUT2D eigenvalue weighted by molar-refractivity contribution is 0.0325. The number of halogens is 1. The van der Waals surface area contributed by atoms with Gasteiger partial charge in [0.2, 0.25) is 0 Å². The molecule has 2 bridgehead atoms. The fourth-order valence-corrected chi connectivity index (χ4v) is 4.94. The molecule has 1 unspecified atom stereocenters. The zero-order valence-electron chi connectivity index (χ0n) is 17.4. The van der Waals surface area contributed by atoms with Gasteiger partial charge in [-0.1, -0.05) is 6.58 Å². The molecule has 2 saturated heterocycles. The smallest absolute Gasteiger partial charge is 0.193 e. The Bertz CT molecular complexity index is 1160. The summed E-state index contributed by atoms with van der Waals surface area (Å²) in [5.41, 5.74) is 1.45. The quantitative estimate of drug-likeness (QED) is 0.676. The maximum atomic E-state index is 15.4. The van der Waals surface area contributed by atoms with Gasteiger partial charge in [0.15, 0.2) is 5.43 Å². The second-order valence-electron chi connectivity index (χ2n) is 8.77. The van der Waals surface area contributed by atoms with E-state index < -0.39 is 11.7 Å². The number of nitrogens with zero attached hydrogens (tertiary/aromatic N) is 4. The Morgan fingerprint density at radius 1 is 1.35 bits per heavy atom. The van der Waals surface area contributed by atoms with Crippen LogP contribution in [0.1, 0.15) is 38.3 Å². The number of fused-ring (bicyclic) bond motifs is 2. The van der Waals surface area contributed by atoms with Crippen LogP contribution in [0.15, 0.2) is 54.8 Å². The molecule has 8 heteroatoms. The molecule has 5 heterocycles. The highest BCUT2D eigenvalue weighted by molar-refractivity contribution is 5.65. The van der Waals surface area contributed by atoms with E-state index in [0.717, 1.165) is 19.3 Å². The molecule has 160 valence electrons. The first kappa shape index (κ1) is 19.8. The summed E-state index contributed by atoms with van der Waals surface area (Å²) >= 11 is 0. The molecule has 5 rings (SSSR count). The summed E-state index contributed by atoms with van der Waals surface area (Å²) in [6.45, 7) is 6.14. The van der Waals surface area contributed by atoms with Crippen molar-refractivity contribution < 1.29 is 4.39 Å². The lowest BCUT2D eigenvalue weighted by Gasteiger charge is -2.50. The number of nitrogens with one attached hydrogen (secondary N) is 2. The van der Waals surface area contributed by atoms with Crippen molar-refractivity contribution in [2.75, 3.05) is 0 Å². The summed E-state index contributed by atoms with van der Waals surface area (Å²) < 4.78 is 17.1. The van der Waals surface area contributed by atoms with Crippen LogP contribution >= 0.6 is 0 Å². The molecule has 2 aliphatic heterocycles. The SMILES string of the molecule is C=C(c1cnc(-c2c[nH]c(-n3ccnc3)cc2=O)cn1)[C@@H]1CC2CCC[C@](C)(N2)[C@H]1F. The molecular weight excluding hydrogens is 395 g/mol. The van der Waals surface area contributed by atoms with Crippen molar-refractivity contribution in [2.45, 2.75) is 50.4 Å². The van der Waals surface area contributed by atoms with Gasteiger partial charge in [0.25, 0.3) is 0 Å². The third-order valence-corrected chi connectivity index (χ3v) is 6.67. The Morgan fingerprint density at radius 3 is 2.94 bits per heavy atom. The fraction of sp³-hybridized carbons (Fsp3) is 0.391. The Hall–Kier alpha value is -3.13. The maximum absolute atomic E-state index is 15.4. The molecule has 0 amide bonds. The Balaban J connectivity index is 1.38. The zero-order chi connectivity index (χ0) is 21.6. The van der Waals surface area contributed by atoms with E-state index in [2.05, 4.69) is 31.8 Å². The fourth-order valence-electron chi connectivity index (χ4n) is 4.94. The molecular formula is C23H25FN6O. The van der Waals surface area contributed by atoms with Crippen molar-refractivity contribution in [1.82, 2.24) is 29.8 Å². The van der Waals surface area contributed by atoms with Crippen LogP contribution in [0.4, 0.5) is 4.39 Å². The monoisotopic (exact) mass is 420 g/mol. The number of allylic oxidation sites excluding steroid dienone is 1. The van der Waals surface area contributed by atoms with Crippen LogP contribution in [0.5, 0.6) is 0 Å². The standard InChI is InChI=1S/C23H25FN6O/c1-14(16-8-15-4-3-5-23(2,29-15)22(16)24)18-11-27-19(12-26-18)17-10-28-21(9-20(17)31)30-7-6-25-13-30/h6-7,9-13,15-16,22,29H,1,3-5,8H2,2H3,(H,28,31)/t15?,16-,22-,23-/m0/s1. The van der Waals surface area contributed by atoms with Gasteiger partial charge < -0.3 is 10.3 Å². The van der Waals surface area contributed by atoms with Gasteiger partial charge >= 0.3 is 0 Å². The Kier molecular flexibility index (Phi) is 4.81. The number of H-pyrrole nitrogens is 1. The van der Waals surface area contributed by atoms with Crippen molar-refractivity contribution in [2.24, 2.45) is 5.92 Å². The van der Waals surface area contributed by atoms with E-state index in [9.17, 15) is 4.79 Å². The largest absolute Gasteiger partial charge is 0.347 e. The lowest BCUT2D eigenvalue weighted by Crippen LogP contribution is -2.63. The normalized spacial score (nSPS) is 27.7. The van der Waals surface area contributed by atoms with Crippen molar-refractivity contribution in [3.05, 3.63) is 65.9 Å². The molecule has 0 spiro atoms. The van der Waals surface area contributed by atoms with E-state index in [1.807, 2.05) is 6.92 Å². The summed E-state index contributed by atoms with van der Waals surface area (Å²) in [7, 11) is 0. The zero-order valence-corrected chi connectivity index (χ0v) is 17.4. The Labute approximate surface area is 179 Å². The molecule has 0 aromatic carbocycles. The predicted octanol–water partition coefficient (Wildman–Crippen LogP) is 3.29. The maximum Gasteiger partial charge on any atom is 0.193 e. The van der Waals surface area contributed by atoms with Crippen LogP contribution in [0.25, 0.3) is 22.6 Å². The average molecular weight is 420 g/mol. The molecule has 0 saturated carbocycles. The van der Waals surface area contributed by atoms with Crippen LogP contribution in [0.2, 0.25) is 0 Å². The minimum Gasteiger partial charge on any atom is -0.347 e. The van der Waals surface area contributed by atoms with E-state index >= 15 is 4.39 Å². The minimum absolute atomic E-state index is 0.175. The number of rotatable bonds is 4. The highest BCUT2D eigenvalue weighted by atomic mass is 19.1. The molecule has 2 N–H and O–H groups in total. The predicted molar refractivity (Wildman–Crippen MR) is 116 cm³/mol. The number of imidazole rings is 1. The van der Waals surface area contributed by atoms with Crippen LogP contribution in [0.3, 0.4) is 0 Å². The van der Waals surface area contributed by atoms with Gasteiger partial charge in [0.1, 0.15) is 18.3 Å². The number of pyridine rings is 1. The van der Waals surface area contributed by atoms with Gasteiger partial charge in [0.05, 0.1) is 29.3 Å². The minimum atomic E-state index is -1.02. The molecule has 2 fully saturated rings. The topological polar surface area (TPSA) is 88.5 Å². The summed E-state index contributed by atoms with van der Waals surface area (Å²) in [5, 5.41) is 3.47. The molecule has 31 heavy (non-hydrogen) atoms. The average Bonchev–Trinajstić information content (AvgIpc) is 3.31. The molecule has 4 atom stereocenters. The molecule has 0 aliphatic carbocycles. The lowest BCUT2D eigenvalue weighted by atomic mass is 9.69. The first-order chi connectivity index (χ1) is 14.9. The molecule has 3 aromatic rings. The number of aromatic amines is 1. The van der Waals surface area contributed by atoms with Crippen molar-refractivity contribution in [3.8, 4) is 17.1 Å². The van der Waals surface area contributed by atoms with E-state index in [1.165, 1.54) is 6.07 Å². The van der Waals surface area contributed by atoms with Gasteiger partial charge in [-0.3, -0.25) is 19.3 Å². The van der Waals surface area contributed by atoms with Crippen LogP contribution in [-0.4, -0.2) is 42.3 Å². The van der Waals surface area contributed by atoms with E-state index in [-0.39, 0.29) is 11.3 Å². The number of hydrogen-bond donors (Lipinski definition) is 2. The number of piperidine rings is 2. The van der Waals surface area contributed by atoms with Gasteiger partial charge in [0, 0.05) is 42.2 Å². The van der Waals surface area contributed by atoms with Crippen molar-refractivity contribution >= 4 is 5.57 Å². The van der Waals surface area contributed by atoms with Gasteiger partial charge in [-0.15, -0.1) is 0 Å². The summed E-state index contributed by atoms with van der Waals surface area (Å²) in [4.78, 5) is 28.6. The summed E-state index contributed by atoms with van der Waals surface area (Å²) in [6, 6.07) is 1.81. The van der Waals surface area contributed by atoms with Crippen LogP contribution in [0, 0.1) is 5.92 Å². The van der Waals surface area contributed by atoms with Gasteiger partial charge in [-0.25, -0.2) is 9.37 Å².